The van der Waals surface area contributed by atoms with Gasteiger partial charge < -0.3 is 10.4 Å². The predicted octanol–water partition coefficient (Wildman–Crippen LogP) is 3.36. The number of rotatable bonds is 6. The number of hydrogen-bond donors (Lipinski definition) is 2. The van der Waals surface area contributed by atoms with Gasteiger partial charge in [0.1, 0.15) is 5.82 Å². The summed E-state index contributed by atoms with van der Waals surface area (Å²) in [7, 11) is 0. The number of anilines is 1. The molecule has 1 unspecified atom stereocenters. The molecule has 1 fully saturated rings. The summed E-state index contributed by atoms with van der Waals surface area (Å²) in [6, 6.07) is 6.95. The Morgan fingerprint density at radius 2 is 2.00 bits per heavy atom. The van der Waals surface area contributed by atoms with E-state index in [0.29, 0.717) is 12.5 Å². The Balaban J connectivity index is 1.79. The number of hydrogen-bond acceptors (Lipinski definition) is 3. The van der Waals surface area contributed by atoms with E-state index in [4.69, 9.17) is 5.11 Å². The maximum absolute atomic E-state index is 13.2. The summed E-state index contributed by atoms with van der Waals surface area (Å²) in [5.74, 6) is 0.358. The van der Waals surface area contributed by atoms with Crippen molar-refractivity contribution in [3.8, 4) is 0 Å². The molecule has 1 atom stereocenters. The van der Waals surface area contributed by atoms with Crippen LogP contribution in [0.15, 0.2) is 36.7 Å². The van der Waals surface area contributed by atoms with Crippen LogP contribution in [0.4, 0.5) is 10.1 Å². The summed E-state index contributed by atoms with van der Waals surface area (Å²) in [5, 5.41) is 16.7. The van der Waals surface area contributed by atoms with Crippen LogP contribution < -0.4 is 5.32 Å². The summed E-state index contributed by atoms with van der Waals surface area (Å²) >= 11 is 0. The highest BCUT2D eigenvalue weighted by Gasteiger charge is 2.26. The summed E-state index contributed by atoms with van der Waals surface area (Å²) < 4.78 is 14.9. The van der Waals surface area contributed by atoms with E-state index < -0.39 is 0 Å². The average Bonchev–Trinajstić information content (AvgIpc) is 3.18. The van der Waals surface area contributed by atoms with E-state index in [9.17, 15) is 4.39 Å². The largest absolute Gasteiger partial charge is 0.394 e. The minimum absolute atomic E-state index is 0.0745. The Morgan fingerprint density at radius 3 is 2.68 bits per heavy atom. The lowest BCUT2D eigenvalue weighted by molar-refractivity contribution is 0.269. The Hall–Kier alpha value is -1.88. The summed E-state index contributed by atoms with van der Waals surface area (Å²) in [6.07, 6.45) is 8.59. The van der Waals surface area contributed by atoms with Crippen molar-refractivity contribution in [3.05, 3.63) is 48.0 Å². The molecule has 4 nitrogen and oxygen atoms in total. The fourth-order valence-electron chi connectivity index (χ4n) is 3.28. The van der Waals surface area contributed by atoms with E-state index in [1.165, 1.54) is 37.8 Å². The van der Waals surface area contributed by atoms with E-state index in [1.807, 2.05) is 18.3 Å². The highest BCUT2D eigenvalue weighted by atomic mass is 19.1. The molecular weight excluding hydrogens is 281 g/mol. The molecule has 0 bridgehead atoms. The lowest BCUT2D eigenvalue weighted by Crippen LogP contribution is -2.18. The number of benzene rings is 1. The van der Waals surface area contributed by atoms with Gasteiger partial charge in [-0.15, -0.1) is 0 Å². The normalized spacial score (nSPS) is 16.8. The van der Waals surface area contributed by atoms with Crippen LogP contribution in [-0.4, -0.2) is 21.5 Å². The van der Waals surface area contributed by atoms with Gasteiger partial charge in [0, 0.05) is 6.20 Å². The van der Waals surface area contributed by atoms with Crippen LogP contribution in [-0.2, 0) is 6.54 Å². The molecule has 118 valence electrons. The summed E-state index contributed by atoms with van der Waals surface area (Å²) in [6.45, 7) is 0.567. The first-order valence-electron chi connectivity index (χ1n) is 7.91. The van der Waals surface area contributed by atoms with Crippen molar-refractivity contribution < 1.29 is 9.50 Å². The number of aromatic nitrogens is 2. The lowest BCUT2D eigenvalue weighted by atomic mass is 9.91. The molecule has 1 aliphatic rings. The zero-order valence-corrected chi connectivity index (χ0v) is 12.6. The van der Waals surface area contributed by atoms with Crippen LogP contribution >= 0.6 is 0 Å². The molecule has 0 saturated heterocycles. The third-order valence-corrected chi connectivity index (χ3v) is 4.38. The second-order valence-electron chi connectivity index (χ2n) is 5.93. The van der Waals surface area contributed by atoms with E-state index in [-0.39, 0.29) is 18.5 Å². The predicted molar refractivity (Wildman–Crippen MR) is 84.0 cm³/mol. The maximum atomic E-state index is 13.2. The molecule has 2 aromatic rings. The van der Waals surface area contributed by atoms with Gasteiger partial charge in [0.25, 0.3) is 0 Å². The standard InChI is InChI=1S/C17H22FN3O/c18-15-7-5-14(6-8-15)17(13-3-1-2-4-13)20-16-11-19-21(12-16)9-10-22/h5-8,11-13,17,20,22H,1-4,9-10H2. The van der Waals surface area contributed by atoms with Crippen molar-refractivity contribution in [3.63, 3.8) is 0 Å². The van der Waals surface area contributed by atoms with Crippen molar-refractivity contribution in [2.45, 2.75) is 38.3 Å². The monoisotopic (exact) mass is 303 g/mol. The van der Waals surface area contributed by atoms with Crippen molar-refractivity contribution in [2.75, 3.05) is 11.9 Å². The van der Waals surface area contributed by atoms with E-state index in [2.05, 4.69) is 10.4 Å². The Labute approximate surface area is 130 Å². The third kappa shape index (κ3) is 3.47. The molecule has 1 heterocycles. The number of aliphatic hydroxyl groups excluding tert-OH is 1. The van der Waals surface area contributed by atoms with Gasteiger partial charge in [-0.25, -0.2) is 4.39 Å². The Kier molecular flexibility index (Phi) is 4.73. The first-order chi connectivity index (χ1) is 10.8. The number of nitrogens with zero attached hydrogens (tertiary/aromatic N) is 2. The van der Waals surface area contributed by atoms with Gasteiger partial charge in [-0.05, 0) is 36.5 Å². The van der Waals surface area contributed by atoms with Crippen molar-refractivity contribution >= 4 is 5.69 Å². The smallest absolute Gasteiger partial charge is 0.123 e. The van der Waals surface area contributed by atoms with Crippen molar-refractivity contribution in [1.82, 2.24) is 9.78 Å². The molecule has 22 heavy (non-hydrogen) atoms. The Morgan fingerprint density at radius 1 is 1.27 bits per heavy atom. The van der Waals surface area contributed by atoms with Crippen LogP contribution in [0.25, 0.3) is 0 Å². The molecule has 5 heteroatoms. The highest BCUT2D eigenvalue weighted by Crippen LogP contribution is 2.37. The molecule has 0 radical (unpaired) electrons. The molecule has 0 aliphatic heterocycles. The van der Waals surface area contributed by atoms with Gasteiger partial charge in [-0.2, -0.15) is 5.10 Å². The average molecular weight is 303 g/mol. The van der Waals surface area contributed by atoms with Gasteiger partial charge in [-0.1, -0.05) is 25.0 Å². The second kappa shape index (κ2) is 6.92. The molecular formula is C17H22FN3O. The highest BCUT2D eigenvalue weighted by molar-refractivity contribution is 5.42. The topological polar surface area (TPSA) is 50.1 Å². The van der Waals surface area contributed by atoms with Crippen LogP contribution in [0, 0.1) is 11.7 Å². The Bertz CT molecular complexity index is 590. The fourth-order valence-corrected chi connectivity index (χ4v) is 3.28. The van der Waals surface area contributed by atoms with Gasteiger partial charge in [0.05, 0.1) is 31.1 Å². The zero-order valence-electron chi connectivity index (χ0n) is 12.6. The van der Waals surface area contributed by atoms with Gasteiger partial charge in [-0.3, -0.25) is 4.68 Å². The number of nitrogens with one attached hydrogen (secondary N) is 1. The second-order valence-corrected chi connectivity index (χ2v) is 5.93. The van der Waals surface area contributed by atoms with Gasteiger partial charge in [0.2, 0.25) is 0 Å². The summed E-state index contributed by atoms with van der Waals surface area (Å²) in [5.41, 5.74) is 2.05. The van der Waals surface area contributed by atoms with E-state index in [0.717, 1.165) is 11.3 Å². The van der Waals surface area contributed by atoms with Crippen LogP contribution in [0.1, 0.15) is 37.3 Å². The van der Waals surface area contributed by atoms with Gasteiger partial charge in [0.15, 0.2) is 0 Å². The van der Waals surface area contributed by atoms with Crippen LogP contribution in [0.5, 0.6) is 0 Å². The van der Waals surface area contributed by atoms with Crippen LogP contribution in [0.2, 0.25) is 0 Å². The maximum Gasteiger partial charge on any atom is 0.123 e. The molecule has 0 amide bonds. The first-order valence-corrected chi connectivity index (χ1v) is 7.91. The van der Waals surface area contributed by atoms with E-state index >= 15 is 0 Å². The SMILES string of the molecule is OCCn1cc(NC(c2ccc(F)cc2)C2CCCC2)cn1. The van der Waals surface area contributed by atoms with Crippen molar-refractivity contribution in [1.29, 1.82) is 0 Å². The molecule has 2 N–H and O–H groups in total. The lowest BCUT2D eigenvalue weighted by Gasteiger charge is -2.25. The number of aliphatic hydroxyl groups is 1. The fraction of sp³-hybridized carbons (Fsp3) is 0.471. The number of halogens is 1. The molecule has 1 saturated carbocycles. The van der Waals surface area contributed by atoms with E-state index in [1.54, 1.807) is 10.9 Å². The minimum atomic E-state index is -0.204. The summed E-state index contributed by atoms with van der Waals surface area (Å²) in [4.78, 5) is 0. The zero-order chi connectivity index (χ0) is 15.4. The van der Waals surface area contributed by atoms with Crippen molar-refractivity contribution in [2.24, 2.45) is 5.92 Å². The third-order valence-electron chi connectivity index (χ3n) is 4.38. The molecule has 1 aliphatic carbocycles. The molecule has 0 spiro atoms. The first kappa shape index (κ1) is 15.0. The molecule has 1 aromatic carbocycles. The molecule has 3 rings (SSSR count). The van der Waals surface area contributed by atoms with Crippen LogP contribution in [0.3, 0.4) is 0 Å². The molecule has 1 aromatic heterocycles. The minimum Gasteiger partial charge on any atom is -0.394 e. The quantitative estimate of drug-likeness (QED) is 0.860. The van der Waals surface area contributed by atoms with Gasteiger partial charge >= 0.3 is 0 Å².